The van der Waals surface area contributed by atoms with Gasteiger partial charge in [0.2, 0.25) is 5.75 Å². The van der Waals surface area contributed by atoms with Crippen LogP contribution in [0.4, 0.5) is 11.4 Å². The van der Waals surface area contributed by atoms with Crippen molar-refractivity contribution < 1.29 is 14.5 Å². The molecule has 0 bridgehead atoms. The van der Waals surface area contributed by atoms with E-state index in [0.29, 0.717) is 20.5 Å². The summed E-state index contributed by atoms with van der Waals surface area (Å²) in [6, 6.07) is 13.6. The summed E-state index contributed by atoms with van der Waals surface area (Å²) in [4.78, 5) is 25.1. The summed E-state index contributed by atoms with van der Waals surface area (Å²) in [5, 5.41) is 11.1. The summed E-state index contributed by atoms with van der Waals surface area (Å²) in [5.74, 6) is -0.160. The molecule has 2 aromatic rings. The van der Waals surface area contributed by atoms with Crippen LogP contribution in [0, 0.1) is 10.1 Å². The fourth-order valence-corrected chi connectivity index (χ4v) is 3.72. The van der Waals surface area contributed by atoms with E-state index in [1.165, 1.54) is 18.1 Å². The number of nitro groups is 1. The topological polar surface area (TPSA) is 72.7 Å². The first-order valence-corrected chi connectivity index (χ1v) is 8.40. The molecule has 3 rings (SSSR count). The summed E-state index contributed by atoms with van der Waals surface area (Å²) in [6.45, 7) is 0. The number of thioether (sulfide) groups is 1. The standard InChI is InChI=1S/C17H12N2O4S2/c1-23-15-11(6-5-9-13(15)19(21)22)10-14-16(20)18(17(24)25-14)12-7-3-2-4-8-12/h2-10H,1H3/b14-10-. The number of anilines is 1. The van der Waals surface area contributed by atoms with Gasteiger partial charge in [0.25, 0.3) is 5.91 Å². The molecule has 126 valence electrons. The molecule has 25 heavy (non-hydrogen) atoms. The van der Waals surface area contributed by atoms with E-state index in [4.69, 9.17) is 17.0 Å². The van der Waals surface area contributed by atoms with E-state index in [0.717, 1.165) is 11.8 Å². The fourth-order valence-electron chi connectivity index (χ4n) is 2.43. The molecule has 0 aliphatic carbocycles. The molecule has 2 aromatic carbocycles. The van der Waals surface area contributed by atoms with Crippen LogP contribution in [-0.4, -0.2) is 22.3 Å². The predicted octanol–water partition coefficient (Wildman–Crippen LogP) is 4.01. The third-order valence-corrected chi connectivity index (χ3v) is 4.82. The molecule has 0 saturated carbocycles. The number of benzene rings is 2. The Bertz CT molecular complexity index is 897. The van der Waals surface area contributed by atoms with Crippen molar-refractivity contribution in [2.75, 3.05) is 12.0 Å². The minimum atomic E-state index is -0.522. The van der Waals surface area contributed by atoms with Gasteiger partial charge in [0.1, 0.15) is 0 Å². The fraction of sp³-hybridized carbons (Fsp3) is 0.0588. The first kappa shape index (κ1) is 17.1. The van der Waals surface area contributed by atoms with E-state index in [-0.39, 0.29) is 17.3 Å². The van der Waals surface area contributed by atoms with Gasteiger partial charge in [-0.2, -0.15) is 0 Å². The number of hydrogen-bond acceptors (Lipinski definition) is 6. The molecular formula is C17H12N2O4S2. The van der Waals surface area contributed by atoms with Crippen molar-refractivity contribution in [3.8, 4) is 5.75 Å². The Morgan fingerprint density at radius 3 is 2.56 bits per heavy atom. The monoisotopic (exact) mass is 372 g/mol. The lowest BCUT2D eigenvalue weighted by Crippen LogP contribution is -2.27. The van der Waals surface area contributed by atoms with Gasteiger partial charge in [-0.15, -0.1) is 0 Å². The maximum Gasteiger partial charge on any atom is 0.311 e. The number of amides is 1. The smallest absolute Gasteiger partial charge is 0.311 e. The van der Waals surface area contributed by atoms with Gasteiger partial charge < -0.3 is 4.74 Å². The molecule has 1 aliphatic heterocycles. The van der Waals surface area contributed by atoms with Crippen molar-refractivity contribution in [1.82, 2.24) is 0 Å². The number of nitrogens with zero attached hydrogens (tertiary/aromatic N) is 2. The molecular weight excluding hydrogens is 360 g/mol. The van der Waals surface area contributed by atoms with Crippen LogP contribution in [0.25, 0.3) is 6.08 Å². The summed E-state index contributed by atoms with van der Waals surface area (Å²) in [7, 11) is 1.36. The summed E-state index contributed by atoms with van der Waals surface area (Å²) in [6.07, 6.45) is 1.56. The van der Waals surface area contributed by atoms with Crippen LogP contribution in [-0.2, 0) is 4.79 Å². The minimum absolute atomic E-state index is 0.109. The predicted molar refractivity (Wildman–Crippen MR) is 102 cm³/mol. The van der Waals surface area contributed by atoms with Crippen LogP contribution in [0.3, 0.4) is 0 Å². The van der Waals surface area contributed by atoms with E-state index >= 15 is 0 Å². The molecule has 1 amide bonds. The Hall–Kier alpha value is -2.71. The second-order valence-electron chi connectivity index (χ2n) is 5.01. The molecule has 1 fully saturated rings. The van der Waals surface area contributed by atoms with Crippen LogP contribution >= 0.6 is 24.0 Å². The number of nitro benzene ring substituents is 1. The zero-order valence-corrected chi connectivity index (χ0v) is 14.7. The highest BCUT2D eigenvalue weighted by Gasteiger charge is 2.33. The first-order chi connectivity index (χ1) is 12.0. The van der Waals surface area contributed by atoms with E-state index < -0.39 is 4.92 Å². The Morgan fingerprint density at radius 2 is 1.92 bits per heavy atom. The number of thiocarbonyl (C=S) groups is 1. The Labute approximate surface area is 153 Å². The third-order valence-electron chi connectivity index (χ3n) is 3.52. The van der Waals surface area contributed by atoms with Crippen molar-refractivity contribution in [2.24, 2.45) is 0 Å². The van der Waals surface area contributed by atoms with Gasteiger partial charge in [-0.1, -0.05) is 54.3 Å². The molecule has 8 heteroatoms. The number of para-hydroxylation sites is 2. The van der Waals surface area contributed by atoms with E-state index in [1.807, 2.05) is 18.2 Å². The quantitative estimate of drug-likeness (QED) is 0.349. The Balaban J connectivity index is 2.01. The van der Waals surface area contributed by atoms with Gasteiger partial charge in [0.05, 0.1) is 22.6 Å². The Kier molecular flexibility index (Phi) is 4.82. The van der Waals surface area contributed by atoms with E-state index in [1.54, 1.807) is 30.3 Å². The second-order valence-corrected chi connectivity index (χ2v) is 6.69. The summed E-state index contributed by atoms with van der Waals surface area (Å²) >= 11 is 6.46. The molecule has 1 saturated heterocycles. The van der Waals surface area contributed by atoms with Crippen LogP contribution in [0.5, 0.6) is 5.75 Å². The van der Waals surface area contributed by atoms with Gasteiger partial charge in [0, 0.05) is 11.6 Å². The molecule has 0 aromatic heterocycles. The minimum Gasteiger partial charge on any atom is -0.490 e. The average Bonchev–Trinajstić information content (AvgIpc) is 2.89. The molecule has 0 N–H and O–H groups in total. The summed E-state index contributed by atoms with van der Waals surface area (Å²) in [5.41, 5.74) is 0.972. The van der Waals surface area contributed by atoms with Gasteiger partial charge in [-0.3, -0.25) is 19.8 Å². The normalized spacial score (nSPS) is 15.7. The Morgan fingerprint density at radius 1 is 1.20 bits per heavy atom. The van der Waals surface area contributed by atoms with Crippen LogP contribution in [0.15, 0.2) is 53.4 Å². The second kappa shape index (κ2) is 7.04. The van der Waals surface area contributed by atoms with Gasteiger partial charge in [-0.25, -0.2) is 0 Å². The zero-order valence-electron chi connectivity index (χ0n) is 13.0. The number of carbonyl (C=O) groups is 1. The van der Waals surface area contributed by atoms with Crippen molar-refractivity contribution in [1.29, 1.82) is 0 Å². The molecule has 0 spiro atoms. The maximum atomic E-state index is 12.7. The number of ether oxygens (including phenoxy) is 1. The molecule has 6 nitrogen and oxygen atoms in total. The third kappa shape index (κ3) is 3.26. The molecule has 0 atom stereocenters. The maximum absolute atomic E-state index is 12.7. The summed E-state index contributed by atoms with van der Waals surface area (Å²) < 4.78 is 5.58. The van der Waals surface area contributed by atoms with Crippen LogP contribution < -0.4 is 9.64 Å². The van der Waals surface area contributed by atoms with Crippen molar-refractivity contribution in [2.45, 2.75) is 0 Å². The number of hydrogen-bond donors (Lipinski definition) is 0. The average molecular weight is 372 g/mol. The van der Waals surface area contributed by atoms with Gasteiger partial charge in [-0.05, 0) is 18.2 Å². The van der Waals surface area contributed by atoms with Crippen LogP contribution in [0.1, 0.15) is 5.56 Å². The highest BCUT2D eigenvalue weighted by molar-refractivity contribution is 8.27. The lowest BCUT2D eigenvalue weighted by molar-refractivity contribution is -0.385. The largest absolute Gasteiger partial charge is 0.490 e. The van der Waals surface area contributed by atoms with Crippen molar-refractivity contribution >= 4 is 51.7 Å². The van der Waals surface area contributed by atoms with Crippen molar-refractivity contribution in [3.63, 3.8) is 0 Å². The zero-order chi connectivity index (χ0) is 18.0. The molecule has 0 radical (unpaired) electrons. The highest BCUT2D eigenvalue weighted by Crippen LogP contribution is 2.38. The lowest BCUT2D eigenvalue weighted by Gasteiger charge is -2.13. The number of rotatable bonds is 4. The van der Waals surface area contributed by atoms with Crippen LogP contribution in [0.2, 0.25) is 0 Å². The first-order valence-electron chi connectivity index (χ1n) is 7.17. The lowest BCUT2D eigenvalue weighted by atomic mass is 10.1. The molecule has 0 unspecified atom stereocenters. The highest BCUT2D eigenvalue weighted by atomic mass is 32.2. The molecule has 1 heterocycles. The van der Waals surface area contributed by atoms with E-state index in [2.05, 4.69) is 0 Å². The van der Waals surface area contributed by atoms with E-state index in [9.17, 15) is 14.9 Å². The van der Waals surface area contributed by atoms with Gasteiger partial charge >= 0.3 is 5.69 Å². The van der Waals surface area contributed by atoms with Gasteiger partial charge in [0.15, 0.2) is 4.32 Å². The SMILES string of the molecule is COc1c(/C=C2\SC(=S)N(c3ccccc3)C2=O)cccc1[N+](=O)[O-]. The number of methoxy groups -OCH3 is 1. The number of carbonyl (C=O) groups excluding carboxylic acids is 1. The van der Waals surface area contributed by atoms with Crippen molar-refractivity contribution in [3.05, 3.63) is 69.1 Å². The molecule has 1 aliphatic rings.